The van der Waals surface area contributed by atoms with Gasteiger partial charge in [-0.2, -0.15) is 13.2 Å². The molecule has 0 fully saturated rings. The first kappa shape index (κ1) is 13.1. The molecule has 0 nitrogen and oxygen atoms in total. The molecule has 0 heterocycles. The van der Waals surface area contributed by atoms with Gasteiger partial charge in [-0.25, -0.2) is 0 Å². The minimum absolute atomic E-state index is 0. The van der Waals surface area contributed by atoms with Gasteiger partial charge in [-0.1, -0.05) is 30.3 Å². The molecule has 1 aromatic carbocycles. The standard InChI is InChI=1S/C8H8F4Si.FH/c1-13(12,8(9,10)11)7-5-3-2-4-6-7;/h2-6H,1H3;1H. The first-order valence-electron chi connectivity index (χ1n) is 3.67. The lowest BCUT2D eigenvalue weighted by Gasteiger charge is -2.20. The van der Waals surface area contributed by atoms with Gasteiger partial charge in [0.25, 0.3) is 0 Å². The summed E-state index contributed by atoms with van der Waals surface area (Å²) in [5.74, 6) is -4.73. The molecular formula is C8H9F5Si. The fraction of sp³-hybridized carbons (Fsp3) is 0.250. The molecule has 1 unspecified atom stereocenters. The zero-order valence-electron chi connectivity index (χ0n) is 7.31. The number of rotatable bonds is 1. The van der Waals surface area contributed by atoms with Crippen molar-refractivity contribution in [1.82, 2.24) is 0 Å². The Morgan fingerprint density at radius 3 is 1.86 bits per heavy atom. The molecule has 0 aromatic heterocycles. The Morgan fingerprint density at radius 2 is 1.50 bits per heavy atom. The van der Waals surface area contributed by atoms with Crippen LogP contribution in [0.2, 0.25) is 6.55 Å². The monoisotopic (exact) mass is 228 g/mol. The molecule has 14 heavy (non-hydrogen) atoms. The van der Waals surface area contributed by atoms with E-state index in [2.05, 4.69) is 0 Å². The lowest BCUT2D eigenvalue weighted by Crippen LogP contribution is -2.54. The predicted molar refractivity (Wildman–Crippen MR) is 47.4 cm³/mol. The van der Waals surface area contributed by atoms with Crippen LogP contribution in [0.15, 0.2) is 30.3 Å². The van der Waals surface area contributed by atoms with E-state index in [1.54, 1.807) is 6.07 Å². The Balaban J connectivity index is 0.00000169. The molecular weight excluding hydrogens is 219 g/mol. The SMILES string of the molecule is C[Si](F)(c1ccccc1)C(F)(F)F.F. The van der Waals surface area contributed by atoms with E-state index in [0.717, 1.165) is 0 Å². The molecule has 1 atom stereocenters. The third-order valence-corrected chi connectivity index (χ3v) is 4.33. The highest BCUT2D eigenvalue weighted by Gasteiger charge is 2.57. The lowest BCUT2D eigenvalue weighted by molar-refractivity contribution is -0.0613. The van der Waals surface area contributed by atoms with Crippen molar-refractivity contribution in [3.63, 3.8) is 0 Å². The molecule has 80 valence electrons. The normalized spacial score (nSPS) is 15.5. The second kappa shape index (κ2) is 4.08. The van der Waals surface area contributed by atoms with Gasteiger partial charge in [-0.3, -0.25) is 8.81 Å². The van der Waals surface area contributed by atoms with Crippen molar-refractivity contribution in [1.29, 1.82) is 0 Å². The average Bonchev–Trinajstić information content (AvgIpc) is 2.04. The molecule has 6 heteroatoms. The van der Waals surface area contributed by atoms with E-state index in [1.165, 1.54) is 24.3 Å². The van der Waals surface area contributed by atoms with Crippen LogP contribution < -0.4 is 5.19 Å². The first-order valence-corrected chi connectivity index (χ1v) is 6.04. The lowest BCUT2D eigenvalue weighted by atomic mass is 10.4. The van der Waals surface area contributed by atoms with Crippen molar-refractivity contribution in [2.45, 2.75) is 12.3 Å². The minimum atomic E-state index is -4.78. The van der Waals surface area contributed by atoms with E-state index in [-0.39, 0.29) is 9.89 Å². The summed E-state index contributed by atoms with van der Waals surface area (Å²) < 4.78 is 50.0. The summed E-state index contributed by atoms with van der Waals surface area (Å²) >= 11 is 0. The molecule has 0 saturated heterocycles. The largest absolute Gasteiger partial charge is 0.399 e. The van der Waals surface area contributed by atoms with Crippen molar-refractivity contribution in [2.24, 2.45) is 0 Å². The van der Waals surface area contributed by atoms with E-state index < -0.39 is 14.2 Å². The van der Waals surface area contributed by atoms with Crippen molar-refractivity contribution < 1.29 is 22.0 Å². The number of hydrogen-bond acceptors (Lipinski definition) is 0. The van der Waals surface area contributed by atoms with Crippen LogP contribution in [0.5, 0.6) is 0 Å². The fourth-order valence-corrected chi connectivity index (χ4v) is 2.06. The number of benzene rings is 1. The molecule has 1 rings (SSSR count). The maximum atomic E-state index is 13.3. The fourth-order valence-electron chi connectivity index (χ4n) is 0.915. The Morgan fingerprint density at radius 1 is 1.07 bits per heavy atom. The Bertz CT molecular complexity index is 280. The van der Waals surface area contributed by atoms with Crippen molar-refractivity contribution in [2.75, 3.05) is 0 Å². The highest BCUT2D eigenvalue weighted by molar-refractivity contribution is 6.86. The van der Waals surface area contributed by atoms with Crippen molar-refractivity contribution in [3.05, 3.63) is 30.3 Å². The first-order chi connectivity index (χ1) is 5.86. The minimum Gasteiger partial charge on any atom is -0.297 e. The predicted octanol–water partition coefficient (Wildman–Crippen LogP) is 2.69. The van der Waals surface area contributed by atoms with Crippen LogP contribution >= 0.6 is 0 Å². The second-order valence-electron chi connectivity index (χ2n) is 2.87. The summed E-state index contributed by atoms with van der Waals surface area (Å²) in [6.45, 7) is 0.655. The van der Waals surface area contributed by atoms with Crippen LogP contribution in [-0.4, -0.2) is 14.2 Å². The van der Waals surface area contributed by atoms with Crippen LogP contribution in [0.25, 0.3) is 0 Å². The van der Waals surface area contributed by atoms with Gasteiger partial charge in [0.1, 0.15) is 0 Å². The maximum absolute atomic E-state index is 13.3. The third kappa shape index (κ3) is 2.31. The molecule has 0 bridgehead atoms. The van der Waals surface area contributed by atoms with E-state index in [0.29, 0.717) is 6.55 Å². The van der Waals surface area contributed by atoms with Gasteiger partial charge < -0.3 is 0 Å². The van der Waals surface area contributed by atoms with Crippen LogP contribution in [0.3, 0.4) is 0 Å². The molecule has 0 spiro atoms. The molecule has 0 aliphatic carbocycles. The Kier molecular flexibility index (Phi) is 3.81. The van der Waals surface area contributed by atoms with Gasteiger partial charge in [0.2, 0.25) is 0 Å². The highest BCUT2D eigenvalue weighted by atomic mass is 28.4. The van der Waals surface area contributed by atoms with Gasteiger partial charge in [0.15, 0.2) is 0 Å². The van der Waals surface area contributed by atoms with Gasteiger partial charge in [0.05, 0.1) is 0 Å². The molecule has 0 N–H and O–H groups in total. The van der Waals surface area contributed by atoms with Crippen LogP contribution in [-0.2, 0) is 0 Å². The summed E-state index contributed by atoms with van der Waals surface area (Å²) in [5.41, 5.74) is 0. The summed E-state index contributed by atoms with van der Waals surface area (Å²) in [4.78, 5) is 0. The van der Waals surface area contributed by atoms with Crippen molar-refractivity contribution in [3.8, 4) is 0 Å². The van der Waals surface area contributed by atoms with Gasteiger partial charge in [-0.05, 0) is 11.7 Å². The number of halogens is 5. The molecule has 0 saturated carbocycles. The average molecular weight is 228 g/mol. The van der Waals surface area contributed by atoms with Crippen LogP contribution in [0.1, 0.15) is 0 Å². The third-order valence-electron chi connectivity index (χ3n) is 1.85. The van der Waals surface area contributed by atoms with Crippen LogP contribution in [0.4, 0.5) is 22.0 Å². The van der Waals surface area contributed by atoms with Crippen molar-refractivity contribution >= 4 is 13.6 Å². The van der Waals surface area contributed by atoms with E-state index >= 15 is 0 Å². The van der Waals surface area contributed by atoms with E-state index in [4.69, 9.17) is 0 Å². The van der Waals surface area contributed by atoms with Gasteiger partial charge >= 0.3 is 14.2 Å². The van der Waals surface area contributed by atoms with E-state index in [9.17, 15) is 17.3 Å². The molecule has 1 aromatic rings. The molecule has 0 amide bonds. The highest BCUT2D eigenvalue weighted by Crippen LogP contribution is 2.29. The van der Waals surface area contributed by atoms with E-state index in [1.807, 2.05) is 0 Å². The number of hydrogen-bond donors (Lipinski definition) is 0. The second-order valence-corrected chi connectivity index (χ2v) is 6.02. The van der Waals surface area contributed by atoms with Gasteiger partial charge in [0, 0.05) is 0 Å². The maximum Gasteiger partial charge on any atom is 0.399 e. The van der Waals surface area contributed by atoms with Crippen LogP contribution in [0, 0.1) is 0 Å². The summed E-state index contributed by atoms with van der Waals surface area (Å²) in [6, 6.07) is 6.74. The quantitative estimate of drug-likeness (QED) is 0.394. The summed E-state index contributed by atoms with van der Waals surface area (Å²) in [5, 5.41) is -0.234. The Labute approximate surface area is 79.1 Å². The Hall–Kier alpha value is -0.913. The molecule has 0 radical (unpaired) electrons. The topological polar surface area (TPSA) is 0 Å². The summed E-state index contributed by atoms with van der Waals surface area (Å²) in [7, 11) is -4.78. The zero-order valence-corrected chi connectivity index (χ0v) is 8.31. The number of alkyl halides is 3. The smallest absolute Gasteiger partial charge is 0.297 e. The molecule has 0 aliphatic heterocycles. The molecule has 0 aliphatic rings. The van der Waals surface area contributed by atoms with Gasteiger partial charge in [-0.15, -0.1) is 0 Å². The zero-order chi connectivity index (χ0) is 10.1. The summed E-state index contributed by atoms with van der Waals surface area (Å²) in [6.07, 6.45) is 0.